The molecule has 1 N–H and O–H groups in total. The summed E-state index contributed by atoms with van der Waals surface area (Å²) >= 11 is 1.14. The topological polar surface area (TPSA) is 66.5 Å². The van der Waals surface area contributed by atoms with Gasteiger partial charge in [0.05, 0.1) is 15.8 Å². The van der Waals surface area contributed by atoms with Crippen LogP contribution in [0.15, 0.2) is 36.4 Å². The van der Waals surface area contributed by atoms with Gasteiger partial charge in [-0.1, -0.05) is 12.1 Å². The molecule has 0 bridgehead atoms. The number of halogens is 1. The van der Waals surface area contributed by atoms with Crippen LogP contribution in [0, 0.1) is 5.82 Å². The highest BCUT2D eigenvalue weighted by Gasteiger charge is 2.31. The van der Waals surface area contributed by atoms with Crippen LogP contribution in [0.1, 0.15) is 38.3 Å². The molecule has 7 heteroatoms. The molecule has 1 fully saturated rings. The van der Waals surface area contributed by atoms with Crippen molar-refractivity contribution in [1.29, 1.82) is 0 Å². The summed E-state index contributed by atoms with van der Waals surface area (Å²) in [4.78, 5) is 38.3. The molecule has 0 spiro atoms. The molecule has 0 saturated carbocycles. The maximum Gasteiger partial charge on any atom is 0.261 e. The number of carbonyl (C=O) groups is 3. The first-order chi connectivity index (χ1) is 11.9. The van der Waals surface area contributed by atoms with Crippen LogP contribution in [-0.2, 0) is 11.3 Å². The summed E-state index contributed by atoms with van der Waals surface area (Å²) < 4.78 is 12.9. The van der Waals surface area contributed by atoms with Gasteiger partial charge in [-0.25, -0.2) is 4.39 Å². The van der Waals surface area contributed by atoms with E-state index < -0.39 is 0 Å². The predicted octanol–water partition coefficient (Wildman–Crippen LogP) is 2.62. The summed E-state index contributed by atoms with van der Waals surface area (Å²) in [5, 5.41) is 2.84. The van der Waals surface area contributed by atoms with Gasteiger partial charge in [-0.2, -0.15) is 0 Å². The van der Waals surface area contributed by atoms with E-state index in [1.165, 1.54) is 19.1 Å². The van der Waals surface area contributed by atoms with Gasteiger partial charge in [0.2, 0.25) is 5.91 Å². The van der Waals surface area contributed by atoms with Crippen molar-refractivity contribution in [2.75, 3.05) is 6.54 Å². The number of thiophene rings is 1. The zero-order chi connectivity index (χ0) is 18.0. The summed E-state index contributed by atoms with van der Waals surface area (Å²) in [6.45, 7) is 2.25. The van der Waals surface area contributed by atoms with Gasteiger partial charge in [0.1, 0.15) is 5.82 Å². The lowest BCUT2D eigenvalue weighted by molar-refractivity contribution is -0.128. The Hall–Kier alpha value is -2.54. The minimum atomic E-state index is -0.317. The van der Waals surface area contributed by atoms with Crippen LogP contribution in [0.3, 0.4) is 0 Å². The van der Waals surface area contributed by atoms with E-state index in [-0.39, 0.29) is 35.9 Å². The SMILES string of the molecule is CC(=O)c1ccc(C(=O)N[C@@H]2CC(=O)N(Cc3ccc(F)cc3)C2)s1. The van der Waals surface area contributed by atoms with Crippen LogP contribution in [0.4, 0.5) is 4.39 Å². The van der Waals surface area contributed by atoms with E-state index in [0.717, 1.165) is 16.9 Å². The third-order valence-corrected chi connectivity index (χ3v) is 5.20. The van der Waals surface area contributed by atoms with E-state index in [1.54, 1.807) is 29.2 Å². The van der Waals surface area contributed by atoms with Crippen LogP contribution >= 0.6 is 11.3 Å². The Morgan fingerprint density at radius 3 is 2.52 bits per heavy atom. The van der Waals surface area contributed by atoms with Gasteiger partial charge in [-0.15, -0.1) is 11.3 Å². The Labute approximate surface area is 148 Å². The average Bonchev–Trinajstić information content (AvgIpc) is 3.17. The molecule has 1 saturated heterocycles. The van der Waals surface area contributed by atoms with Crippen molar-refractivity contribution in [3.05, 3.63) is 57.5 Å². The number of ketones is 1. The Balaban J connectivity index is 1.59. The predicted molar refractivity (Wildman–Crippen MR) is 92.0 cm³/mol. The Morgan fingerprint density at radius 2 is 1.88 bits per heavy atom. The number of carbonyl (C=O) groups excluding carboxylic acids is 3. The molecular formula is C18H17FN2O3S. The van der Waals surface area contributed by atoms with Crippen molar-refractivity contribution < 1.29 is 18.8 Å². The molecule has 0 aliphatic carbocycles. The van der Waals surface area contributed by atoms with Gasteiger partial charge in [-0.3, -0.25) is 14.4 Å². The van der Waals surface area contributed by atoms with Crippen molar-refractivity contribution >= 4 is 28.9 Å². The highest BCUT2D eigenvalue weighted by atomic mass is 32.1. The second-order valence-electron chi connectivity index (χ2n) is 6.00. The minimum absolute atomic E-state index is 0.0507. The Kier molecular flexibility index (Phi) is 4.94. The second-order valence-corrected chi connectivity index (χ2v) is 7.08. The molecule has 25 heavy (non-hydrogen) atoms. The molecule has 130 valence electrons. The first-order valence-corrected chi connectivity index (χ1v) is 8.68. The quantitative estimate of drug-likeness (QED) is 0.834. The molecule has 2 aromatic rings. The standard InChI is InChI=1S/C18H17FN2O3S/c1-11(22)15-6-7-16(25-15)18(24)20-14-8-17(23)21(10-14)9-12-2-4-13(19)5-3-12/h2-7,14H,8-10H2,1H3,(H,20,24)/t14-/m1/s1. The van der Waals surface area contributed by atoms with Gasteiger partial charge in [0, 0.05) is 19.5 Å². The van der Waals surface area contributed by atoms with Crippen molar-refractivity contribution in [2.24, 2.45) is 0 Å². The fourth-order valence-electron chi connectivity index (χ4n) is 2.74. The number of likely N-dealkylation sites (tertiary alicyclic amines) is 1. The second kappa shape index (κ2) is 7.14. The van der Waals surface area contributed by atoms with E-state index in [9.17, 15) is 18.8 Å². The zero-order valence-corrected chi connectivity index (χ0v) is 14.4. The van der Waals surface area contributed by atoms with Crippen LogP contribution in [-0.4, -0.2) is 35.1 Å². The van der Waals surface area contributed by atoms with Gasteiger partial charge in [0.15, 0.2) is 5.78 Å². The Morgan fingerprint density at radius 1 is 1.20 bits per heavy atom. The van der Waals surface area contributed by atoms with E-state index in [1.807, 2.05) is 0 Å². The molecule has 0 unspecified atom stereocenters. The fourth-order valence-corrected chi connectivity index (χ4v) is 3.54. The monoisotopic (exact) mass is 360 g/mol. The lowest BCUT2D eigenvalue weighted by atomic mass is 10.2. The smallest absolute Gasteiger partial charge is 0.261 e. The fraction of sp³-hybridized carbons (Fsp3) is 0.278. The molecular weight excluding hydrogens is 343 g/mol. The summed E-state index contributed by atoms with van der Waals surface area (Å²) in [7, 11) is 0. The number of rotatable bonds is 5. The van der Waals surface area contributed by atoms with Gasteiger partial charge >= 0.3 is 0 Å². The summed E-state index contributed by atoms with van der Waals surface area (Å²) in [5.74, 6) is -0.725. The molecule has 1 aliphatic rings. The number of amides is 2. The maximum atomic E-state index is 12.9. The van der Waals surface area contributed by atoms with Gasteiger partial charge in [0.25, 0.3) is 5.91 Å². The number of nitrogens with zero attached hydrogens (tertiary/aromatic N) is 1. The molecule has 2 heterocycles. The van der Waals surface area contributed by atoms with Crippen LogP contribution in [0.25, 0.3) is 0 Å². The van der Waals surface area contributed by atoms with Crippen LogP contribution < -0.4 is 5.32 Å². The van der Waals surface area contributed by atoms with Crippen molar-refractivity contribution in [3.63, 3.8) is 0 Å². The highest BCUT2D eigenvalue weighted by molar-refractivity contribution is 7.15. The van der Waals surface area contributed by atoms with E-state index in [4.69, 9.17) is 0 Å². The summed E-state index contributed by atoms with van der Waals surface area (Å²) in [6, 6.07) is 8.97. The van der Waals surface area contributed by atoms with E-state index >= 15 is 0 Å². The molecule has 1 atom stereocenters. The lowest BCUT2D eigenvalue weighted by Crippen LogP contribution is -2.36. The van der Waals surface area contributed by atoms with E-state index in [2.05, 4.69) is 5.32 Å². The van der Waals surface area contributed by atoms with Crippen molar-refractivity contribution in [1.82, 2.24) is 10.2 Å². The normalized spacial score (nSPS) is 17.0. The number of hydrogen-bond acceptors (Lipinski definition) is 4. The van der Waals surface area contributed by atoms with E-state index in [0.29, 0.717) is 22.8 Å². The van der Waals surface area contributed by atoms with Crippen molar-refractivity contribution in [3.8, 4) is 0 Å². The molecule has 2 amide bonds. The molecule has 5 nitrogen and oxygen atoms in total. The summed E-state index contributed by atoms with van der Waals surface area (Å²) in [6.07, 6.45) is 0.234. The van der Waals surface area contributed by atoms with Crippen molar-refractivity contribution in [2.45, 2.75) is 25.9 Å². The number of Topliss-reactive ketones (excluding diaryl/α,β-unsaturated/α-hetero) is 1. The lowest BCUT2D eigenvalue weighted by Gasteiger charge is -2.17. The molecule has 1 aromatic carbocycles. The zero-order valence-electron chi connectivity index (χ0n) is 13.6. The molecule has 1 aliphatic heterocycles. The van der Waals surface area contributed by atoms with Gasteiger partial charge in [-0.05, 0) is 36.8 Å². The van der Waals surface area contributed by atoms with Gasteiger partial charge < -0.3 is 10.2 Å². The largest absolute Gasteiger partial charge is 0.346 e. The first kappa shape index (κ1) is 17.3. The number of hydrogen-bond donors (Lipinski definition) is 1. The Bertz CT molecular complexity index is 816. The molecule has 0 radical (unpaired) electrons. The maximum absolute atomic E-state index is 12.9. The third-order valence-electron chi connectivity index (χ3n) is 4.01. The first-order valence-electron chi connectivity index (χ1n) is 7.86. The summed E-state index contributed by atoms with van der Waals surface area (Å²) in [5.41, 5.74) is 0.839. The minimum Gasteiger partial charge on any atom is -0.346 e. The third kappa shape index (κ3) is 4.11. The average molecular weight is 360 g/mol. The number of benzene rings is 1. The van der Waals surface area contributed by atoms with Crippen LogP contribution in [0.2, 0.25) is 0 Å². The number of nitrogens with one attached hydrogen (secondary N) is 1. The molecule has 1 aromatic heterocycles. The highest BCUT2D eigenvalue weighted by Crippen LogP contribution is 2.19. The molecule has 3 rings (SSSR count). The van der Waals surface area contributed by atoms with Crippen LogP contribution in [0.5, 0.6) is 0 Å².